The van der Waals surface area contributed by atoms with E-state index in [0.717, 1.165) is 0 Å². The molecule has 0 aromatic rings. The molecule has 0 atom stereocenters. The van der Waals surface area contributed by atoms with Crippen molar-refractivity contribution in [2.45, 2.75) is 0 Å². The van der Waals surface area contributed by atoms with Crippen molar-refractivity contribution in [1.82, 2.24) is 0 Å². The second-order valence-corrected chi connectivity index (χ2v) is 0.553. The SMILES string of the molecule is C=CC=C.O.O=NO. The molecule has 0 radical (unpaired) electrons. The number of nitrogens with zero attached hydrogens (tertiary/aromatic N) is 1. The van der Waals surface area contributed by atoms with Crippen LogP contribution >= 0.6 is 0 Å². The zero-order valence-corrected chi connectivity index (χ0v) is 4.37. The van der Waals surface area contributed by atoms with Gasteiger partial charge < -0.3 is 10.7 Å². The summed E-state index contributed by atoms with van der Waals surface area (Å²) in [5.74, 6) is 0. The number of hydrogen-bond donors (Lipinski definition) is 1. The Morgan fingerprint density at radius 2 is 1.50 bits per heavy atom. The van der Waals surface area contributed by atoms with Crippen LogP contribution in [0.5, 0.6) is 0 Å². The molecule has 0 fully saturated rings. The van der Waals surface area contributed by atoms with Crippen molar-refractivity contribution in [3.63, 3.8) is 0 Å². The highest BCUT2D eigenvalue weighted by molar-refractivity contribution is 4.88. The summed E-state index contributed by atoms with van der Waals surface area (Å²) in [6, 6.07) is 0. The lowest BCUT2D eigenvalue weighted by atomic mass is 10.6. The average Bonchev–Trinajstić information content (AvgIpc) is 1.69. The summed E-state index contributed by atoms with van der Waals surface area (Å²) >= 11 is 0. The molecule has 0 unspecified atom stereocenters. The highest BCUT2D eigenvalue weighted by Crippen LogP contribution is 1.52. The van der Waals surface area contributed by atoms with Gasteiger partial charge in [-0.25, -0.2) is 0 Å². The zero-order chi connectivity index (χ0) is 6.12. The predicted molar refractivity (Wildman–Crippen MR) is 31.6 cm³/mol. The summed E-state index contributed by atoms with van der Waals surface area (Å²) in [4.78, 5) is 8.11. The van der Waals surface area contributed by atoms with Gasteiger partial charge in [0.15, 0.2) is 5.34 Å². The molecule has 0 heterocycles. The average molecular weight is 119 g/mol. The van der Waals surface area contributed by atoms with Gasteiger partial charge in [-0.2, -0.15) is 0 Å². The summed E-state index contributed by atoms with van der Waals surface area (Å²) in [6.45, 7) is 6.72. The Kier molecular flexibility index (Phi) is 79.9. The molecule has 0 saturated carbocycles. The molecular weight excluding hydrogens is 110 g/mol. The van der Waals surface area contributed by atoms with E-state index in [4.69, 9.17) is 10.1 Å². The van der Waals surface area contributed by atoms with Gasteiger partial charge in [0, 0.05) is 0 Å². The topological polar surface area (TPSA) is 81.2 Å². The molecule has 0 spiro atoms. The lowest BCUT2D eigenvalue weighted by Crippen LogP contribution is -1.25. The normalized spacial score (nSPS) is 4.00. The molecule has 0 aliphatic rings. The Morgan fingerprint density at radius 1 is 1.38 bits per heavy atom. The van der Waals surface area contributed by atoms with Crippen molar-refractivity contribution in [2.75, 3.05) is 0 Å². The molecule has 48 valence electrons. The largest absolute Gasteiger partial charge is 0.412 e. The maximum Gasteiger partial charge on any atom is 0.152 e. The number of rotatable bonds is 1. The smallest absolute Gasteiger partial charge is 0.152 e. The van der Waals surface area contributed by atoms with Crippen LogP contribution in [0.25, 0.3) is 0 Å². The number of allylic oxidation sites excluding steroid dienone is 2. The van der Waals surface area contributed by atoms with Crippen molar-refractivity contribution in [3.8, 4) is 0 Å². The van der Waals surface area contributed by atoms with Gasteiger partial charge in [-0.15, -0.1) is 4.91 Å². The van der Waals surface area contributed by atoms with Gasteiger partial charge in [0.1, 0.15) is 0 Å². The molecule has 0 aliphatic heterocycles. The van der Waals surface area contributed by atoms with E-state index in [0.29, 0.717) is 0 Å². The first kappa shape index (κ1) is 15.8. The first-order chi connectivity index (χ1) is 3.33. The van der Waals surface area contributed by atoms with Crippen molar-refractivity contribution in [2.24, 2.45) is 5.34 Å². The Hall–Kier alpha value is -1.16. The fourth-order valence-electron chi connectivity index (χ4n) is 0. The van der Waals surface area contributed by atoms with Gasteiger partial charge >= 0.3 is 0 Å². The third kappa shape index (κ3) is 2790. The minimum atomic E-state index is 0. The van der Waals surface area contributed by atoms with E-state index in [1.165, 1.54) is 5.34 Å². The Balaban J connectivity index is -0.0000000575. The van der Waals surface area contributed by atoms with Crippen LogP contribution in [0.15, 0.2) is 30.7 Å². The highest BCUT2D eigenvalue weighted by atomic mass is 16.6. The van der Waals surface area contributed by atoms with Gasteiger partial charge in [-0.3, -0.25) is 0 Å². The molecular formula is C4H9NO3. The molecule has 0 bridgehead atoms. The first-order valence-corrected chi connectivity index (χ1v) is 1.53. The predicted octanol–water partition coefficient (Wildman–Crippen LogP) is 0.676. The lowest BCUT2D eigenvalue weighted by molar-refractivity contribution is 0.312. The third-order valence-electron chi connectivity index (χ3n) is 0.167. The Labute approximate surface area is 47.4 Å². The molecule has 0 aliphatic carbocycles. The maximum atomic E-state index is 8.11. The van der Waals surface area contributed by atoms with Crippen molar-refractivity contribution in [3.05, 3.63) is 30.2 Å². The Morgan fingerprint density at radius 3 is 1.50 bits per heavy atom. The van der Waals surface area contributed by atoms with Crippen molar-refractivity contribution in [1.29, 1.82) is 0 Å². The molecule has 3 N–H and O–H groups in total. The van der Waals surface area contributed by atoms with Crippen molar-refractivity contribution >= 4 is 0 Å². The van der Waals surface area contributed by atoms with E-state index < -0.39 is 0 Å². The van der Waals surface area contributed by atoms with Gasteiger partial charge in [-0.1, -0.05) is 25.3 Å². The van der Waals surface area contributed by atoms with Crippen LogP contribution in [-0.4, -0.2) is 10.7 Å². The molecule has 0 rings (SSSR count). The quantitative estimate of drug-likeness (QED) is 0.312. The van der Waals surface area contributed by atoms with Crippen LogP contribution in [0, 0.1) is 4.91 Å². The number of hydrogen-bond acceptors (Lipinski definition) is 2. The molecule has 0 aromatic carbocycles. The highest BCUT2D eigenvalue weighted by Gasteiger charge is 1.29. The zero-order valence-electron chi connectivity index (χ0n) is 4.37. The molecule has 4 heteroatoms. The van der Waals surface area contributed by atoms with Crippen LogP contribution in [0.1, 0.15) is 0 Å². The molecule has 0 aromatic heterocycles. The standard InChI is InChI=1S/C4H6.HNO2.H2O/c1-3-4-2;2-1-3;/h3-4H,1-2H2;(H,2,3);1H2. The summed E-state index contributed by atoms with van der Waals surface area (Å²) in [6.07, 6.45) is 3.28. The van der Waals surface area contributed by atoms with E-state index in [9.17, 15) is 0 Å². The van der Waals surface area contributed by atoms with Gasteiger partial charge in [0.2, 0.25) is 0 Å². The fourth-order valence-corrected chi connectivity index (χ4v) is 0. The van der Waals surface area contributed by atoms with Crippen LogP contribution in [0.2, 0.25) is 0 Å². The van der Waals surface area contributed by atoms with Crippen LogP contribution in [0.4, 0.5) is 0 Å². The summed E-state index contributed by atoms with van der Waals surface area (Å²) in [5.41, 5.74) is 0. The van der Waals surface area contributed by atoms with Crippen LogP contribution < -0.4 is 0 Å². The lowest BCUT2D eigenvalue weighted by Gasteiger charge is -1.44. The van der Waals surface area contributed by atoms with Gasteiger partial charge in [-0.05, 0) is 0 Å². The van der Waals surface area contributed by atoms with E-state index in [-0.39, 0.29) is 5.48 Å². The molecule has 0 amide bonds. The minimum Gasteiger partial charge on any atom is -0.412 e. The van der Waals surface area contributed by atoms with E-state index >= 15 is 0 Å². The van der Waals surface area contributed by atoms with E-state index in [2.05, 4.69) is 13.2 Å². The first-order valence-electron chi connectivity index (χ1n) is 1.53. The minimum absolute atomic E-state index is 0. The van der Waals surface area contributed by atoms with Gasteiger partial charge in [0.05, 0.1) is 0 Å². The monoisotopic (exact) mass is 119 g/mol. The van der Waals surface area contributed by atoms with E-state index in [1.54, 1.807) is 12.2 Å². The summed E-state index contributed by atoms with van der Waals surface area (Å²) in [5, 5.41) is 7.89. The molecule has 8 heavy (non-hydrogen) atoms. The van der Waals surface area contributed by atoms with E-state index in [1.807, 2.05) is 0 Å². The molecule has 0 saturated heterocycles. The van der Waals surface area contributed by atoms with Crippen LogP contribution in [0.3, 0.4) is 0 Å². The second-order valence-electron chi connectivity index (χ2n) is 0.553. The summed E-state index contributed by atoms with van der Waals surface area (Å²) < 4.78 is 0. The maximum absolute atomic E-state index is 8.11. The second kappa shape index (κ2) is 40.4. The third-order valence-corrected chi connectivity index (χ3v) is 0.167. The van der Waals surface area contributed by atoms with Gasteiger partial charge in [0.25, 0.3) is 0 Å². The fraction of sp³-hybridized carbons (Fsp3) is 0. The van der Waals surface area contributed by atoms with Crippen molar-refractivity contribution < 1.29 is 10.7 Å². The summed E-state index contributed by atoms with van der Waals surface area (Å²) in [7, 11) is 0. The Bertz CT molecular complexity index is 56.3. The molecule has 4 nitrogen and oxygen atoms in total. The van der Waals surface area contributed by atoms with Crippen LogP contribution in [-0.2, 0) is 0 Å².